The third-order valence-electron chi connectivity index (χ3n) is 2.66. The smallest absolute Gasteiger partial charge is 0.240 e. The molecule has 1 rings (SSSR count). The van der Waals surface area contributed by atoms with Crippen molar-refractivity contribution in [1.29, 1.82) is 0 Å². The fourth-order valence-electron chi connectivity index (χ4n) is 1.48. The molecule has 102 valence electrons. The number of alkyl halides is 1. The van der Waals surface area contributed by atoms with Crippen LogP contribution in [0.4, 0.5) is 0 Å². The molecule has 0 radical (unpaired) electrons. The highest BCUT2D eigenvalue weighted by Crippen LogP contribution is 2.15. The number of aryl methyl sites for hydroxylation is 2. The average Bonchev–Trinajstić information content (AvgIpc) is 2.31. The van der Waals surface area contributed by atoms with Crippen molar-refractivity contribution in [2.75, 3.05) is 19.6 Å². The van der Waals surface area contributed by atoms with Crippen molar-refractivity contribution in [3.05, 3.63) is 29.3 Å². The minimum atomic E-state index is -3.55. The predicted molar refractivity (Wildman–Crippen MR) is 72.6 cm³/mol. The zero-order valence-electron chi connectivity index (χ0n) is 10.7. The normalized spacial score (nSPS) is 13.6. The lowest BCUT2D eigenvalue weighted by atomic mass is 10.1. The van der Waals surface area contributed by atoms with Gasteiger partial charge in [-0.15, -0.1) is 11.6 Å². The van der Waals surface area contributed by atoms with Crippen LogP contribution in [0.15, 0.2) is 23.1 Å². The van der Waals surface area contributed by atoms with E-state index in [0.717, 1.165) is 11.1 Å². The van der Waals surface area contributed by atoms with Crippen LogP contribution in [0.25, 0.3) is 0 Å². The second-order valence-corrected chi connectivity index (χ2v) is 6.20. The number of benzene rings is 1. The molecule has 0 aliphatic carbocycles. The summed E-state index contributed by atoms with van der Waals surface area (Å²) in [4.78, 5) is 0.247. The second-order valence-electron chi connectivity index (χ2n) is 4.17. The van der Waals surface area contributed by atoms with E-state index in [4.69, 9.17) is 16.3 Å². The van der Waals surface area contributed by atoms with Gasteiger partial charge in [0.15, 0.2) is 0 Å². The van der Waals surface area contributed by atoms with E-state index in [1.54, 1.807) is 18.2 Å². The van der Waals surface area contributed by atoms with Gasteiger partial charge in [0.05, 0.1) is 17.5 Å². The zero-order valence-corrected chi connectivity index (χ0v) is 12.3. The average molecular weight is 292 g/mol. The predicted octanol–water partition coefficient (Wildman–Crippen LogP) is 1.84. The summed E-state index contributed by atoms with van der Waals surface area (Å²) in [6.45, 7) is 4.06. The molecule has 1 atom stereocenters. The van der Waals surface area contributed by atoms with Crippen LogP contribution in [0.5, 0.6) is 0 Å². The molecule has 0 saturated carbocycles. The van der Waals surface area contributed by atoms with Gasteiger partial charge in [0, 0.05) is 13.0 Å². The molecule has 1 unspecified atom stereocenters. The molecule has 6 heteroatoms. The van der Waals surface area contributed by atoms with Crippen molar-refractivity contribution in [2.24, 2.45) is 0 Å². The first kappa shape index (κ1) is 15.4. The van der Waals surface area contributed by atoms with Gasteiger partial charge < -0.3 is 4.74 Å². The molecule has 0 aliphatic rings. The maximum absolute atomic E-state index is 12.1. The van der Waals surface area contributed by atoms with Gasteiger partial charge in [0.2, 0.25) is 10.0 Å². The third-order valence-corrected chi connectivity index (χ3v) is 4.56. The number of halogens is 1. The number of nitrogens with one attached hydrogen (secondary N) is 1. The third kappa shape index (κ3) is 3.95. The van der Waals surface area contributed by atoms with Gasteiger partial charge in [0.25, 0.3) is 0 Å². The Bertz CT molecular complexity index is 502. The minimum Gasteiger partial charge on any atom is -0.383 e. The summed E-state index contributed by atoms with van der Waals surface area (Å²) in [5.41, 5.74) is 1.99. The highest BCUT2D eigenvalue weighted by atomic mass is 35.5. The number of ether oxygens (including phenoxy) is 1. The van der Waals surface area contributed by atoms with Crippen LogP contribution in [-0.4, -0.2) is 34.1 Å². The lowest BCUT2D eigenvalue weighted by Gasteiger charge is -2.15. The number of hydrogen-bond acceptors (Lipinski definition) is 3. The van der Waals surface area contributed by atoms with Gasteiger partial charge in [0.1, 0.15) is 0 Å². The number of methoxy groups -OCH3 is 1. The van der Waals surface area contributed by atoms with Gasteiger partial charge >= 0.3 is 0 Å². The number of sulfonamides is 1. The summed E-state index contributed by atoms with van der Waals surface area (Å²) in [5.74, 6) is 0.165. The van der Waals surface area contributed by atoms with Crippen LogP contribution >= 0.6 is 11.6 Å². The highest BCUT2D eigenvalue weighted by molar-refractivity contribution is 7.89. The zero-order chi connectivity index (χ0) is 13.8. The summed E-state index contributed by atoms with van der Waals surface area (Å²) < 4.78 is 31.7. The molecular weight excluding hydrogens is 274 g/mol. The Morgan fingerprint density at radius 1 is 1.33 bits per heavy atom. The van der Waals surface area contributed by atoms with Crippen molar-refractivity contribution in [1.82, 2.24) is 4.72 Å². The molecule has 0 heterocycles. The summed E-state index contributed by atoms with van der Waals surface area (Å²) >= 11 is 5.69. The van der Waals surface area contributed by atoms with Crippen molar-refractivity contribution in [3.63, 3.8) is 0 Å². The first-order chi connectivity index (χ1) is 8.40. The Balaban J connectivity index is 2.95. The Kier molecular flexibility index (Phi) is 5.59. The molecule has 18 heavy (non-hydrogen) atoms. The maximum Gasteiger partial charge on any atom is 0.240 e. The molecule has 0 bridgehead atoms. The molecule has 0 fully saturated rings. The lowest BCUT2D eigenvalue weighted by Crippen LogP contribution is -2.39. The molecule has 1 N–H and O–H groups in total. The maximum atomic E-state index is 12.1. The van der Waals surface area contributed by atoms with Crippen LogP contribution in [0.2, 0.25) is 0 Å². The molecule has 4 nitrogen and oxygen atoms in total. The van der Waals surface area contributed by atoms with E-state index in [9.17, 15) is 8.42 Å². The lowest BCUT2D eigenvalue weighted by molar-refractivity contribution is 0.181. The number of hydrogen-bond donors (Lipinski definition) is 1. The van der Waals surface area contributed by atoms with E-state index in [2.05, 4.69) is 4.72 Å². The van der Waals surface area contributed by atoms with Crippen LogP contribution in [-0.2, 0) is 14.8 Å². The molecule has 0 amide bonds. The Morgan fingerprint density at radius 2 is 2.00 bits per heavy atom. The summed E-state index contributed by atoms with van der Waals surface area (Å²) in [7, 11) is -2.04. The monoisotopic (exact) mass is 291 g/mol. The molecular formula is C12H18ClNO3S. The van der Waals surface area contributed by atoms with Gasteiger partial charge in [-0.2, -0.15) is 0 Å². The first-order valence-corrected chi connectivity index (χ1v) is 7.57. The summed E-state index contributed by atoms with van der Waals surface area (Å²) in [6, 6.07) is 4.59. The van der Waals surface area contributed by atoms with Crippen LogP contribution in [0.3, 0.4) is 0 Å². The Morgan fingerprint density at radius 3 is 2.50 bits per heavy atom. The van der Waals surface area contributed by atoms with E-state index in [1.165, 1.54) is 7.11 Å². The van der Waals surface area contributed by atoms with Crippen LogP contribution in [0.1, 0.15) is 11.1 Å². The summed E-state index contributed by atoms with van der Waals surface area (Å²) in [6.07, 6.45) is 0. The SMILES string of the molecule is COCC(CCl)NS(=O)(=O)c1ccc(C)c(C)c1. The molecule has 1 aromatic rings. The Labute approximate surface area is 113 Å². The van der Waals surface area contributed by atoms with Crippen molar-refractivity contribution >= 4 is 21.6 Å². The van der Waals surface area contributed by atoms with Gasteiger partial charge in [-0.3, -0.25) is 0 Å². The van der Waals surface area contributed by atoms with Crippen molar-refractivity contribution in [2.45, 2.75) is 24.8 Å². The fraction of sp³-hybridized carbons (Fsp3) is 0.500. The van der Waals surface area contributed by atoms with E-state index < -0.39 is 16.1 Å². The van der Waals surface area contributed by atoms with Crippen LogP contribution < -0.4 is 4.72 Å². The largest absolute Gasteiger partial charge is 0.383 e. The standard InChI is InChI=1S/C12H18ClNO3S/c1-9-4-5-12(6-10(9)2)18(15,16)14-11(7-13)8-17-3/h4-6,11,14H,7-8H2,1-3H3. The van der Waals surface area contributed by atoms with Crippen molar-refractivity contribution in [3.8, 4) is 0 Å². The highest BCUT2D eigenvalue weighted by Gasteiger charge is 2.19. The topological polar surface area (TPSA) is 55.4 Å². The molecule has 0 saturated heterocycles. The van der Waals surface area contributed by atoms with Crippen LogP contribution in [0, 0.1) is 13.8 Å². The van der Waals surface area contributed by atoms with Gasteiger partial charge in [-0.1, -0.05) is 6.07 Å². The van der Waals surface area contributed by atoms with E-state index in [-0.39, 0.29) is 17.4 Å². The Hall–Kier alpha value is -0.620. The van der Waals surface area contributed by atoms with E-state index in [1.807, 2.05) is 13.8 Å². The fourth-order valence-corrected chi connectivity index (χ4v) is 3.04. The minimum absolute atomic E-state index is 0.165. The molecule has 0 aromatic heterocycles. The van der Waals surface area contributed by atoms with Gasteiger partial charge in [-0.05, 0) is 37.1 Å². The quantitative estimate of drug-likeness (QED) is 0.814. The number of rotatable bonds is 6. The first-order valence-electron chi connectivity index (χ1n) is 5.55. The second kappa shape index (κ2) is 6.52. The van der Waals surface area contributed by atoms with E-state index >= 15 is 0 Å². The molecule has 0 aliphatic heterocycles. The summed E-state index contributed by atoms with van der Waals surface area (Å²) in [5, 5.41) is 0. The van der Waals surface area contributed by atoms with E-state index in [0.29, 0.717) is 0 Å². The molecule has 0 spiro atoms. The molecule has 1 aromatic carbocycles. The van der Waals surface area contributed by atoms with Crippen molar-refractivity contribution < 1.29 is 13.2 Å². The van der Waals surface area contributed by atoms with Gasteiger partial charge in [-0.25, -0.2) is 13.1 Å².